The van der Waals surface area contributed by atoms with Crippen LogP contribution in [0.2, 0.25) is 0 Å². The highest BCUT2D eigenvalue weighted by atomic mass is 32.1. The van der Waals surface area contributed by atoms with Gasteiger partial charge in [-0.3, -0.25) is 14.3 Å². The molecule has 14 nitrogen and oxygen atoms in total. The van der Waals surface area contributed by atoms with Gasteiger partial charge in [-0.05, 0) is 68.9 Å². The molecule has 49 heavy (non-hydrogen) atoms. The van der Waals surface area contributed by atoms with E-state index in [0.29, 0.717) is 35.8 Å². The number of carboxylic acids is 1. The Balaban J connectivity index is 1.18. The minimum absolute atomic E-state index is 0.0358. The largest absolute Gasteiger partial charge is 0.479 e. The summed E-state index contributed by atoms with van der Waals surface area (Å²) >= 11 is 1.42. The second-order valence-corrected chi connectivity index (χ2v) is 14.4. The lowest BCUT2D eigenvalue weighted by Gasteiger charge is -2.29. The quantitative estimate of drug-likeness (QED) is 0.321. The highest BCUT2D eigenvalue weighted by Gasteiger charge is 2.61. The number of thiophene rings is 1. The number of nitrogens with zero attached hydrogens (tertiary/aromatic N) is 5. The summed E-state index contributed by atoms with van der Waals surface area (Å²) in [5.41, 5.74) is -0.0519. The van der Waals surface area contributed by atoms with E-state index in [4.69, 9.17) is 14.5 Å². The van der Waals surface area contributed by atoms with Crippen LogP contribution in [0.25, 0.3) is 21.7 Å². The smallest absolute Gasteiger partial charge is 0.408 e. The molecule has 2 aliphatic heterocycles. The van der Waals surface area contributed by atoms with Gasteiger partial charge in [-0.2, -0.15) is 10.1 Å². The van der Waals surface area contributed by atoms with Crippen molar-refractivity contribution in [2.24, 2.45) is 13.0 Å². The van der Waals surface area contributed by atoms with Crippen molar-refractivity contribution < 1.29 is 33.8 Å². The summed E-state index contributed by atoms with van der Waals surface area (Å²) in [5.74, 6) is -1.71. The van der Waals surface area contributed by atoms with Crippen LogP contribution in [0.15, 0.2) is 35.9 Å². The molecule has 3 amide bonds. The second kappa shape index (κ2) is 13.8. The van der Waals surface area contributed by atoms with Crippen LogP contribution in [-0.2, 0) is 26.2 Å². The molecule has 2 saturated carbocycles. The molecule has 3 fully saturated rings. The van der Waals surface area contributed by atoms with Gasteiger partial charge in [-0.25, -0.2) is 14.6 Å². The van der Waals surface area contributed by atoms with Gasteiger partial charge in [0.25, 0.3) is 0 Å². The number of aliphatic carboxylic acids is 1. The number of rotatable bonds is 6. The molecule has 0 aromatic carbocycles. The summed E-state index contributed by atoms with van der Waals surface area (Å²) in [6.07, 6.45) is 11.4. The number of ether oxygens (including phenoxy) is 2. The number of nitrogens with one attached hydrogen (secondary N) is 2. The fourth-order valence-corrected chi connectivity index (χ4v) is 8.02. The summed E-state index contributed by atoms with van der Waals surface area (Å²) < 4.78 is 14.5. The monoisotopic (exact) mass is 691 g/mol. The van der Waals surface area contributed by atoms with Gasteiger partial charge in [-0.15, -0.1) is 11.3 Å². The van der Waals surface area contributed by atoms with Crippen molar-refractivity contribution in [1.82, 2.24) is 35.3 Å². The van der Waals surface area contributed by atoms with Gasteiger partial charge in [0.2, 0.25) is 17.7 Å². The van der Waals surface area contributed by atoms with Gasteiger partial charge in [0.15, 0.2) is 5.82 Å². The Hall–Kier alpha value is -4.53. The van der Waals surface area contributed by atoms with Crippen LogP contribution in [0.3, 0.4) is 0 Å². The Morgan fingerprint density at radius 1 is 1.08 bits per heavy atom. The van der Waals surface area contributed by atoms with Gasteiger partial charge < -0.3 is 30.1 Å². The number of hydrogen-bond donors (Lipinski definition) is 3. The minimum Gasteiger partial charge on any atom is -0.479 e. The summed E-state index contributed by atoms with van der Waals surface area (Å²) in [6, 6.07) is 1.72. The SMILES string of the molecule is Cn1nccc1-c1nc(O[C@@H]2C[C@H]3C(=O)N[C@]4(C(=O)O)C[C@@H]4/C=C\CCCCC[C@H](NC(=O)OC4CCCC4)C(=O)N3C2)c2sccc2n1. The highest BCUT2D eigenvalue weighted by Crippen LogP contribution is 2.45. The molecule has 5 atom stereocenters. The fraction of sp³-hybridized carbons (Fsp3) is 0.559. The summed E-state index contributed by atoms with van der Waals surface area (Å²) in [6.45, 7) is 0.0358. The number of amides is 3. The molecule has 0 unspecified atom stereocenters. The fourth-order valence-electron chi connectivity index (χ4n) is 7.26. The lowest BCUT2D eigenvalue weighted by atomic mass is 10.0. The highest BCUT2D eigenvalue weighted by molar-refractivity contribution is 7.17. The molecule has 3 aromatic rings. The van der Waals surface area contributed by atoms with Crippen molar-refractivity contribution in [3.63, 3.8) is 0 Å². The van der Waals surface area contributed by atoms with Crippen molar-refractivity contribution in [3.8, 4) is 17.4 Å². The van der Waals surface area contributed by atoms with Crippen molar-refractivity contribution in [2.45, 2.75) is 100 Å². The number of carbonyl (C=O) groups is 4. The first kappa shape index (κ1) is 33.0. The molecule has 260 valence electrons. The van der Waals surface area contributed by atoms with Crippen LogP contribution in [0, 0.1) is 5.92 Å². The van der Waals surface area contributed by atoms with E-state index in [0.717, 1.165) is 49.6 Å². The van der Waals surface area contributed by atoms with E-state index in [1.54, 1.807) is 24.0 Å². The second-order valence-electron chi connectivity index (χ2n) is 13.5. The predicted octanol–water partition coefficient (Wildman–Crippen LogP) is 3.96. The Morgan fingerprint density at radius 2 is 1.90 bits per heavy atom. The van der Waals surface area contributed by atoms with Gasteiger partial charge in [0.05, 0.1) is 12.1 Å². The first-order valence-corrected chi connectivity index (χ1v) is 18.0. The van der Waals surface area contributed by atoms with E-state index in [2.05, 4.69) is 20.7 Å². The van der Waals surface area contributed by atoms with E-state index in [-0.39, 0.29) is 31.4 Å². The first-order chi connectivity index (χ1) is 23.7. The van der Waals surface area contributed by atoms with E-state index in [9.17, 15) is 24.3 Å². The van der Waals surface area contributed by atoms with Crippen LogP contribution in [0.4, 0.5) is 4.79 Å². The van der Waals surface area contributed by atoms with Gasteiger partial charge >= 0.3 is 12.1 Å². The maximum absolute atomic E-state index is 14.4. The number of aryl methyl sites for hydroxylation is 1. The molecule has 15 heteroatoms. The van der Waals surface area contributed by atoms with Crippen molar-refractivity contribution in [1.29, 1.82) is 0 Å². The minimum atomic E-state index is -1.43. The number of aromatic nitrogens is 4. The van der Waals surface area contributed by atoms with Crippen molar-refractivity contribution in [3.05, 3.63) is 35.9 Å². The zero-order chi connectivity index (χ0) is 34.1. The summed E-state index contributed by atoms with van der Waals surface area (Å²) in [5, 5.41) is 21.9. The molecule has 4 aliphatic rings. The predicted molar refractivity (Wildman–Crippen MR) is 179 cm³/mol. The zero-order valence-electron chi connectivity index (χ0n) is 27.4. The molecule has 5 heterocycles. The third-order valence-electron chi connectivity index (χ3n) is 10.1. The molecule has 0 spiro atoms. The van der Waals surface area contributed by atoms with Crippen molar-refractivity contribution in [2.75, 3.05) is 6.54 Å². The molecule has 1 saturated heterocycles. The molecule has 3 aromatic heterocycles. The lowest BCUT2D eigenvalue weighted by Crippen LogP contribution is -2.56. The molecule has 7 rings (SSSR count). The molecular formula is C34H41N7O7S. The standard InChI is InChI=1S/C34H41N7O7S/c1-40-25(13-15-35-40)28-36-23-14-16-49-27(23)30(38-28)47-22-17-26-29(42)39-34(32(44)45)18-20(34)9-5-3-2-4-6-12-24(31(43)41(26)19-22)37-33(46)48-21-10-7-8-11-21/h5,9,13-16,20-22,24,26H,2-4,6-8,10-12,17-19H2,1H3,(H,37,46)(H,39,42)(H,44,45)/b9-5-/t20-,22+,24-,26-,34+/m0/s1. The number of allylic oxidation sites excluding steroid dienone is 1. The van der Waals surface area contributed by atoms with E-state index in [1.807, 2.05) is 23.6 Å². The van der Waals surface area contributed by atoms with E-state index >= 15 is 0 Å². The van der Waals surface area contributed by atoms with Crippen LogP contribution < -0.4 is 15.4 Å². The Kier molecular flexibility index (Phi) is 9.27. The third kappa shape index (κ3) is 6.85. The van der Waals surface area contributed by atoms with Crippen LogP contribution in [-0.4, -0.2) is 90.0 Å². The van der Waals surface area contributed by atoms with Crippen LogP contribution >= 0.6 is 11.3 Å². The number of fused-ring (bicyclic) bond motifs is 3. The summed E-state index contributed by atoms with van der Waals surface area (Å²) in [4.78, 5) is 64.7. The Bertz CT molecular complexity index is 1770. The number of carbonyl (C=O) groups excluding carboxylic acids is 3. The molecular weight excluding hydrogens is 650 g/mol. The van der Waals surface area contributed by atoms with Gasteiger partial charge in [0.1, 0.15) is 40.2 Å². The van der Waals surface area contributed by atoms with Crippen LogP contribution in [0.5, 0.6) is 5.88 Å². The normalized spacial score (nSPS) is 28.6. The Labute approximate surface area is 287 Å². The number of carboxylic acid groups (broad SMARTS) is 1. The van der Waals surface area contributed by atoms with Gasteiger partial charge in [-0.1, -0.05) is 25.0 Å². The van der Waals surface area contributed by atoms with Crippen LogP contribution in [0.1, 0.15) is 70.6 Å². The topological polar surface area (TPSA) is 178 Å². The third-order valence-corrected chi connectivity index (χ3v) is 11.0. The van der Waals surface area contributed by atoms with Crippen molar-refractivity contribution >= 4 is 45.4 Å². The maximum atomic E-state index is 14.4. The van der Waals surface area contributed by atoms with Gasteiger partial charge in [0, 0.05) is 25.6 Å². The molecule has 2 aliphatic carbocycles. The average molecular weight is 692 g/mol. The van der Waals surface area contributed by atoms with E-state index < -0.39 is 47.6 Å². The number of hydrogen-bond acceptors (Lipinski definition) is 10. The average Bonchev–Trinajstić information content (AvgIpc) is 3.67. The Morgan fingerprint density at radius 3 is 2.67 bits per heavy atom. The maximum Gasteiger partial charge on any atom is 0.408 e. The zero-order valence-corrected chi connectivity index (χ0v) is 28.2. The molecule has 0 bridgehead atoms. The lowest BCUT2D eigenvalue weighted by molar-refractivity contribution is -0.145. The summed E-state index contributed by atoms with van der Waals surface area (Å²) in [7, 11) is 1.79. The molecule has 3 N–H and O–H groups in total. The first-order valence-electron chi connectivity index (χ1n) is 17.1. The molecule has 0 radical (unpaired) electrons. The van der Waals surface area contributed by atoms with E-state index in [1.165, 1.54) is 16.2 Å². The number of alkyl carbamates (subject to hydrolysis) is 1.